The Hall–Kier alpha value is -1.97. The maximum absolute atomic E-state index is 13.5. The minimum atomic E-state index is -3.19. The Balaban J connectivity index is 0.00000101. The van der Waals surface area contributed by atoms with Crippen molar-refractivity contribution in [2.45, 2.75) is 44.6 Å². The summed E-state index contributed by atoms with van der Waals surface area (Å²) in [5.74, 6) is 0.313. The number of likely N-dealkylation sites (tertiary alicyclic amines) is 1. The highest BCUT2D eigenvalue weighted by Gasteiger charge is 2.50. The number of piperidine rings is 1. The summed E-state index contributed by atoms with van der Waals surface area (Å²) in [5.41, 5.74) is 1.69. The fourth-order valence-corrected chi connectivity index (χ4v) is 5.23. The van der Waals surface area contributed by atoms with Crippen LogP contribution in [-0.2, 0) is 19.6 Å². The third-order valence-corrected chi connectivity index (χ3v) is 7.89. The molecule has 3 rings (SSSR count). The van der Waals surface area contributed by atoms with E-state index in [2.05, 4.69) is 4.90 Å². The number of benzene rings is 1. The number of sulfonamides is 1. The van der Waals surface area contributed by atoms with Crippen molar-refractivity contribution in [1.29, 1.82) is 0 Å². The van der Waals surface area contributed by atoms with Crippen molar-refractivity contribution in [3.8, 4) is 0 Å². The number of carboxylic acid groups (broad SMARTS) is 1. The van der Waals surface area contributed by atoms with E-state index in [0.29, 0.717) is 13.0 Å². The molecule has 2 fully saturated rings. The van der Waals surface area contributed by atoms with Crippen molar-refractivity contribution in [1.82, 2.24) is 9.21 Å². The van der Waals surface area contributed by atoms with Gasteiger partial charge in [0.1, 0.15) is 5.54 Å². The van der Waals surface area contributed by atoms with Gasteiger partial charge in [0.05, 0.1) is 5.75 Å². The summed E-state index contributed by atoms with van der Waals surface area (Å²) in [6.07, 6.45) is 4.27. The van der Waals surface area contributed by atoms with Crippen LogP contribution in [0, 0.1) is 6.92 Å². The maximum atomic E-state index is 13.5. The molecular weight excluding hydrogens is 406 g/mol. The highest BCUT2D eigenvalue weighted by atomic mass is 32.2. The molecule has 1 atom stereocenters. The number of amides is 1. The Morgan fingerprint density at radius 1 is 1.13 bits per heavy atom. The Labute approximate surface area is 179 Å². The summed E-state index contributed by atoms with van der Waals surface area (Å²) in [6.45, 7) is 4.08. The minimum Gasteiger partial charge on any atom is -0.483 e. The van der Waals surface area contributed by atoms with Crippen molar-refractivity contribution in [3.05, 3.63) is 29.8 Å². The van der Waals surface area contributed by atoms with E-state index in [9.17, 15) is 13.2 Å². The first-order valence-electron chi connectivity index (χ1n) is 10.3. The minimum absolute atomic E-state index is 0.127. The second kappa shape index (κ2) is 10.4. The lowest BCUT2D eigenvalue weighted by Crippen LogP contribution is -2.60. The van der Waals surface area contributed by atoms with Gasteiger partial charge in [0.15, 0.2) is 0 Å². The summed E-state index contributed by atoms with van der Waals surface area (Å²) in [4.78, 5) is 26.0. The zero-order valence-corrected chi connectivity index (χ0v) is 18.9. The molecule has 1 N–H and O–H groups in total. The Kier molecular flexibility index (Phi) is 8.40. The van der Waals surface area contributed by atoms with E-state index in [-0.39, 0.29) is 18.1 Å². The van der Waals surface area contributed by atoms with Crippen LogP contribution in [0.25, 0.3) is 0 Å². The lowest BCUT2D eigenvalue weighted by Gasteiger charge is -2.44. The lowest BCUT2D eigenvalue weighted by molar-refractivity contribution is -0.131. The van der Waals surface area contributed by atoms with Crippen LogP contribution in [0.3, 0.4) is 0 Å². The number of carbonyl (C=O) groups is 2. The van der Waals surface area contributed by atoms with Crippen LogP contribution in [0.15, 0.2) is 24.3 Å². The molecular formula is C21H33N3O5S. The highest BCUT2D eigenvalue weighted by molar-refractivity contribution is 7.89. The first kappa shape index (κ1) is 24.3. The normalized spacial score (nSPS) is 22.3. The molecule has 1 unspecified atom stereocenters. The summed E-state index contributed by atoms with van der Waals surface area (Å²) in [5, 5.41) is 6.89. The lowest BCUT2D eigenvalue weighted by atomic mass is 9.85. The SMILES string of the molecule is Cc1ccc(N2CCCC3(CCCN3CCCS(=O)(=O)N(C)C)C2=O)cc1.O=CO. The van der Waals surface area contributed by atoms with Crippen molar-refractivity contribution in [2.24, 2.45) is 0 Å². The first-order chi connectivity index (χ1) is 14.2. The van der Waals surface area contributed by atoms with Gasteiger partial charge >= 0.3 is 0 Å². The molecule has 1 aromatic rings. The van der Waals surface area contributed by atoms with Gasteiger partial charge in [-0.1, -0.05) is 17.7 Å². The van der Waals surface area contributed by atoms with Crippen LogP contribution >= 0.6 is 0 Å². The van der Waals surface area contributed by atoms with E-state index in [4.69, 9.17) is 9.90 Å². The molecule has 1 amide bonds. The molecule has 2 aliphatic heterocycles. The molecule has 0 aliphatic carbocycles. The predicted molar refractivity (Wildman–Crippen MR) is 117 cm³/mol. The van der Waals surface area contributed by atoms with Gasteiger partial charge in [-0.15, -0.1) is 0 Å². The zero-order chi connectivity index (χ0) is 22.4. The number of nitrogens with zero attached hydrogens (tertiary/aromatic N) is 3. The number of rotatable bonds is 6. The van der Waals surface area contributed by atoms with Gasteiger partial charge in [-0.25, -0.2) is 12.7 Å². The Bertz CT molecular complexity index is 826. The number of hydrogen-bond acceptors (Lipinski definition) is 5. The van der Waals surface area contributed by atoms with Crippen LogP contribution < -0.4 is 4.90 Å². The molecule has 0 radical (unpaired) electrons. The first-order valence-corrected chi connectivity index (χ1v) is 11.9. The maximum Gasteiger partial charge on any atom is 0.290 e. The standard InChI is InChI=1S/C20H31N3O3S.CH2O2/c1-17-7-9-18(10-8-17)23-15-5-12-20(19(23)24)11-4-13-22(20)14-6-16-27(25,26)21(2)3;2-1-3/h7-10H,4-6,11-16H2,1-3H3;1H,(H,2,3). The van der Waals surface area contributed by atoms with Crippen molar-refractivity contribution in [2.75, 3.05) is 44.4 Å². The van der Waals surface area contributed by atoms with Gasteiger partial charge in [0, 0.05) is 32.9 Å². The molecule has 0 saturated carbocycles. The second-order valence-electron chi connectivity index (χ2n) is 8.08. The number of anilines is 1. The van der Waals surface area contributed by atoms with Crippen LogP contribution in [0.2, 0.25) is 0 Å². The van der Waals surface area contributed by atoms with Gasteiger partial charge in [-0.2, -0.15) is 0 Å². The van der Waals surface area contributed by atoms with Crippen LogP contribution in [0.1, 0.15) is 37.7 Å². The number of hydrogen-bond donors (Lipinski definition) is 1. The summed E-state index contributed by atoms with van der Waals surface area (Å²) >= 11 is 0. The fraction of sp³-hybridized carbons (Fsp3) is 0.619. The van der Waals surface area contributed by atoms with Gasteiger partial charge in [-0.3, -0.25) is 14.5 Å². The van der Waals surface area contributed by atoms with Crippen LogP contribution in [0.5, 0.6) is 0 Å². The van der Waals surface area contributed by atoms with E-state index in [1.807, 2.05) is 36.1 Å². The molecule has 0 bridgehead atoms. The monoisotopic (exact) mass is 439 g/mol. The third kappa shape index (κ3) is 5.39. The molecule has 0 aromatic heterocycles. The van der Waals surface area contributed by atoms with E-state index in [1.54, 1.807) is 14.1 Å². The van der Waals surface area contributed by atoms with Gasteiger partial charge in [-0.05, 0) is 57.7 Å². The molecule has 30 heavy (non-hydrogen) atoms. The number of carbonyl (C=O) groups excluding carboxylic acids is 1. The van der Waals surface area contributed by atoms with Crippen LogP contribution in [0.4, 0.5) is 5.69 Å². The van der Waals surface area contributed by atoms with Gasteiger partial charge in [0.2, 0.25) is 15.9 Å². The average Bonchev–Trinajstić information content (AvgIpc) is 3.09. The topological polar surface area (TPSA) is 98.2 Å². The molecule has 2 saturated heterocycles. The van der Waals surface area contributed by atoms with E-state index in [1.165, 1.54) is 9.87 Å². The predicted octanol–water partition coefficient (Wildman–Crippen LogP) is 1.94. The quantitative estimate of drug-likeness (QED) is 0.680. The molecule has 2 aliphatic rings. The van der Waals surface area contributed by atoms with Crippen molar-refractivity contribution >= 4 is 28.1 Å². The van der Waals surface area contributed by atoms with E-state index >= 15 is 0 Å². The largest absolute Gasteiger partial charge is 0.483 e. The molecule has 8 nitrogen and oxygen atoms in total. The summed E-state index contributed by atoms with van der Waals surface area (Å²) < 4.78 is 25.3. The van der Waals surface area contributed by atoms with Gasteiger partial charge < -0.3 is 10.0 Å². The molecule has 1 aromatic carbocycles. The van der Waals surface area contributed by atoms with Crippen LogP contribution in [-0.4, -0.2) is 80.1 Å². The average molecular weight is 440 g/mol. The molecule has 9 heteroatoms. The Morgan fingerprint density at radius 2 is 1.70 bits per heavy atom. The fourth-order valence-electron chi connectivity index (χ4n) is 4.37. The Morgan fingerprint density at radius 3 is 2.27 bits per heavy atom. The highest BCUT2D eigenvalue weighted by Crippen LogP contribution is 2.39. The van der Waals surface area contributed by atoms with Crippen molar-refractivity contribution in [3.63, 3.8) is 0 Å². The van der Waals surface area contributed by atoms with Crippen molar-refractivity contribution < 1.29 is 23.1 Å². The summed E-state index contributed by atoms with van der Waals surface area (Å²) in [6, 6.07) is 8.13. The molecule has 2 heterocycles. The second-order valence-corrected chi connectivity index (χ2v) is 10.4. The summed E-state index contributed by atoms with van der Waals surface area (Å²) in [7, 11) is -0.0597. The van der Waals surface area contributed by atoms with E-state index < -0.39 is 15.6 Å². The molecule has 1 spiro atoms. The molecule has 168 valence electrons. The smallest absolute Gasteiger partial charge is 0.290 e. The van der Waals surface area contributed by atoms with E-state index in [0.717, 1.165) is 44.5 Å². The van der Waals surface area contributed by atoms with Gasteiger partial charge in [0.25, 0.3) is 6.47 Å². The third-order valence-electron chi connectivity index (χ3n) is 5.97. The number of aryl methyl sites for hydroxylation is 1. The zero-order valence-electron chi connectivity index (χ0n) is 18.1.